The summed E-state index contributed by atoms with van der Waals surface area (Å²) in [5.41, 5.74) is 0. The zero-order chi connectivity index (χ0) is 14.4. The van der Waals surface area contributed by atoms with Crippen LogP contribution in [-0.2, 0) is 9.84 Å². The van der Waals surface area contributed by atoms with E-state index in [1.54, 1.807) is 0 Å². The molecule has 2 rings (SSSR count). The first-order chi connectivity index (χ1) is 9.55. The van der Waals surface area contributed by atoms with E-state index in [0.717, 1.165) is 32.1 Å². The summed E-state index contributed by atoms with van der Waals surface area (Å²) in [6, 6.07) is 0.264. The predicted octanol–water partition coefficient (Wildman–Crippen LogP) is 1.83. The lowest BCUT2D eigenvalue weighted by Crippen LogP contribution is -2.43. The Bertz CT molecular complexity index is 416. The molecular weight excluding hydrogens is 276 g/mol. The number of urea groups is 1. The minimum Gasteiger partial charge on any atom is -0.338 e. The molecule has 0 aromatic heterocycles. The summed E-state index contributed by atoms with van der Waals surface area (Å²) >= 11 is 0. The highest BCUT2D eigenvalue weighted by Crippen LogP contribution is 2.22. The third kappa shape index (κ3) is 5.31. The average molecular weight is 302 g/mol. The van der Waals surface area contributed by atoms with Crippen molar-refractivity contribution < 1.29 is 13.2 Å². The molecule has 2 amide bonds. The fourth-order valence-corrected chi connectivity index (χ4v) is 5.09. The highest BCUT2D eigenvalue weighted by Gasteiger charge is 2.27. The summed E-state index contributed by atoms with van der Waals surface area (Å²) in [6.45, 7) is 0.634. The Kier molecular flexibility index (Phi) is 5.69. The molecule has 116 valence electrons. The van der Waals surface area contributed by atoms with Gasteiger partial charge in [-0.25, -0.2) is 13.2 Å². The lowest BCUT2D eigenvalue weighted by molar-refractivity contribution is 0.232. The molecule has 2 aliphatic rings. The topological polar surface area (TPSA) is 75.3 Å². The van der Waals surface area contributed by atoms with E-state index < -0.39 is 9.84 Å². The van der Waals surface area contributed by atoms with E-state index in [4.69, 9.17) is 0 Å². The number of amides is 2. The van der Waals surface area contributed by atoms with Gasteiger partial charge in [-0.3, -0.25) is 0 Å². The summed E-state index contributed by atoms with van der Waals surface area (Å²) < 4.78 is 22.6. The summed E-state index contributed by atoms with van der Waals surface area (Å²) in [4.78, 5) is 11.7. The first-order valence-electron chi connectivity index (χ1n) is 7.80. The molecule has 2 fully saturated rings. The van der Waals surface area contributed by atoms with Crippen LogP contribution in [0.15, 0.2) is 0 Å². The Morgan fingerprint density at radius 2 is 1.85 bits per heavy atom. The second-order valence-electron chi connectivity index (χ2n) is 6.15. The summed E-state index contributed by atoms with van der Waals surface area (Å²) in [6.07, 6.45) is 8.42. The lowest BCUT2D eigenvalue weighted by atomic mass is 9.96. The Morgan fingerprint density at radius 3 is 2.50 bits per heavy atom. The standard InChI is InChI=1S/C14H26N2O3S/c17-14(16-13-6-2-1-3-7-13)15-9-4-5-12-8-10-20(18,19)11-12/h12-13H,1-11H2,(H2,15,16,17). The maximum Gasteiger partial charge on any atom is 0.315 e. The predicted molar refractivity (Wildman–Crippen MR) is 79.4 cm³/mol. The molecule has 0 bridgehead atoms. The first-order valence-corrected chi connectivity index (χ1v) is 9.62. The van der Waals surface area contributed by atoms with Crippen molar-refractivity contribution in [1.29, 1.82) is 0 Å². The van der Waals surface area contributed by atoms with Gasteiger partial charge in [-0.2, -0.15) is 0 Å². The summed E-state index contributed by atoms with van der Waals surface area (Å²) in [7, 11) is -2.77. The van der Waals surface area contributed by atoms with Gasteiger partial charge >= 0.3 is 6.03 Å². The van der Waals surface area contributed by atoms with Gasteiger partial charge in [0.2, 0.25) is 0 Å². The van der Waals surface area contributed by atoms with Crippen LogP contribution in [0.4, 0.5) is 4.79 Å². The van der Waals surface area contributed by atoms with Gasteiger partial charge < -0.3 is 10.6 Å². The number of hydrogen-bond donors (Lipinski definition) is 2. The van der Waals surface area contributed by atoms with Crippen molar-refractivity contribution in [3.05, 3.63) is 0 Å². The summed E-state index contributed by atoms with van der Waals surface area (Å²) in [5, 5.41) is 5.89. The smallest absolute Gasteiger partial charge is 0.315 e. The first kappa shape index (κ1) is 15.6. The van der Waals surface area contributed by atoms with Crippen LogP contribution in [0.3, 0.4) is 0 Å². The SMILES string of the molecule is O=C(NCCCC1CCS(=O)(=O)C1)NC1CCCCC1. The summed E-state index contributed by atoms with van der Waals surface area (Å²) in [5.74, 6) is 0.970. The maximum absolute atomic E-state index is 11.7. The fraction of sp³-hybridized carbons (Fsp3) is 0.929. The van der Waals surface area contributed by atoms with Crippen molar-refractivity contribution in [2.24, 2.45) is 5.92 Å². The van der Waals surface area contributed by atoms with E-state index in [1.807, 2.05) is 0 Å². The molecule has 2 N–H and O–H groups in total. The minimum absolute atomic E-state index is 0.0732. The van der Waals surface area contributed by atoms with Crippen LogP contribution in [0.5, 0.6) is 0 Å². The van der Waals surface area contributed by atoms with Gasteiger partial charge in [-0.05, 0) is 38.0 Å². The van der Waals surface area contributed by atoms with E-state index in [2.05, 4.69) is 10.6 Å². The van der Waals surface area contributed by atoms with Crippen molar-refractivity contribution >= 4 is 15.9 Å². The largest absolute Gasteiger partial charge is 0.338 e. The normalized spacial score (nSPS) is 26.3. The van der Waals surface area contributed by atoms with E-state index in [1.165, 1.54) is 19.3 Å². The molecule has 6 heteroatoms. The molecule has 0 radical (unpaired) electrons. The van der Waals surface area contributed by atoms with Gasteiger partial charge in [-0.15, -0.1) is 0 Å². The molecule has 1 saturated heterocycles. The highest BCUT2D eigenvalue weighted by atomic mass is 32.2. The number of rotatable bonds is 5. The maximum atomic E-state index is 11.7. The molecule has 1 saturated carbocycles. The molecule has 1 aliphatic carbocycles. The third-order valence-electron chi connectivity index (χ3n) is 4.34. The van der Waals surface area contributed by atoms with E-state index in [0.29, 0.717) is 30.0 Å². The molecule has 1 atom stereocenters. The second-order valence-corrected chi connectivity index (χ2v) is 8.38. The van der Waals surface area contributed by atoms with E-state index in [9.17, 15) is 13.2 Å². The van der Waals surface area contributed by atoms with Crippen molar-refractivity contribution in [3.63, 3.8) is 0 Å². The van der Waals surface area contributed by atoms with Crippen molar-refractivity contribution in [3.8, 4) is 0 Å². The Balaban J connectivity index is 1.53. The fourth-order valence-electron chi connectivity index (χ4n) is 3.18. The van der Waals surface area contributed by atoms with Gasteiger partial charge in [0.1, 0.15) is 0 Å². The van der Waals surface area contributed by atoms with Crippen LogP contribution in [0.25, 0.3) is 0 Å². The van der Waals surface area contributed by atoms with Crippen LogP contribution < -0.4 is 10.6 Å². The number of nitrogens with one attached hydrogen (secondary N) is 2. The number of hydrogen-bond acceptors (Lipinski definition) is 3. The molecule has 1 heterocycles. The number of carbonyl (C=O) groups excluding carboxylic acids is 1. The van der Waals surface area contributed by atoms with Crippen LogP contribution in [0.1, 0.15) is 51.4 Å². The van der Waals surface area contributed by atoms with E-state index >= 15 is 0 Å². The van der Waals surface area contributed by atoms with Gasteiger partial charge in [0.05, 0.1) is 11.5 Å². The molecule has 1 aliphatic heterocycles. The van der Waals surface area contributed by atoms with Crippen LogP contribution in [0.2, 0.25) is 0 Å². The van der Waals surface area contributed by atoms with Gasteiger partial charge in [0.25, 0.3) is 0 Å². The quantitative estimate of drug-likeness (QED) is 0.761. The Labute approximate surface area is 121 Å². The van der Waals surface area contributed by atoms with Gasteiger partial charge in [0.15, 0.2) is 9.84 Å². The molecule has 5 nitrogen and oxygen atoms in total. The van der Waals surface area contributed by atoms with Crippen molar-refractivity contribution in [2.75, 3.05) is 18.1 Å². The average Bonchev–Trinajstić information content (AvgIpc) is 2.75. The van der Waals surface area contributed by atoms with Gasteiger partial charge in [0, 0.05) is 12.6 Å². The monoisotopic (exact) mass is 302 g/mol. The van der Waals surface area contributed by atoms with Crippen molar-refractivity contribution in [1.82, 2.24) is 10.6 Å². The Morgan fingerprint density at radius 1 is 1.10 bits per heavy atom. The molecule has 1 unspecified atom stereocenters. The van der Waals surface area contributed by atoms with Crippen LogP contribution >= 0.6 is 0 Å². The van der Waals surface area contributed by atoms with Crippen molar-refractivity contribution in [2.45, 2.75) is 57.4 Å². The molecule has 0 aromatic rings. The molecule has 20 heavy (non-hydrogen) atoms. The molecule has 0 spiro atoms. The molecule has 0 aromatic carbocycles. The number of sulfone groups is 1. The van der Waals surface area contributed by atoms with Crippen LogP contribution in [0, 0.1) is 5.92 Å². The molecular formula is C14H26N2O3S. The minimum atomic E-state index is -2.77. The Hall–Kier alpha value is -0.780. The van der Waals surface area contributed by atoms with Crippen LogP contribution in [-0.4, -0.2) is 38.5 Å². The lowest BCUT2D eigenvalue weighted by Gasteiger charge is -2.22. The zero-order valence-corrected chi connectivity index (χ0v) is 12.9. The third-order valence-corrected chi connectivity index (χ3v) is 6.18. The number of carbonyl (C=O) groups is 1. The highest BCUT2D eigenvalue weighted by molar-refractivity contribution is 7.91. The second kappa shape index (κ2) is 7.29. The zero-order valence-electron chi connectivity index (χ0n) is 12.1. The van der Waals surface area contributed by atoms with E-state index in [-0.39, 0.29) is 6.03 Å². The van der Waals surface area contributed by atoms with Gasteiger partial charge in [-0.1, -0.05) is 19.3 Å².